The smallest absolute Gasteiger partial charge is 0.328 e. The van der Waals surface area contributed by atoms with Gasteiger partial charge in [-0.3, -0.25) is 0 Å². The molecule has 140 valence electrons. The van der Waals surface area contributed by atoms with E-state index in [9.17, 15) is 4.79 Å². The largest absolute Gasteiger partial charge is 0.497 e. The van der Waals surface area contributed by atoms with Crippen LogP contribution in [-0.4, -0.2) is 41.4 Å². The van der Waals surface area contributed by atoms with Crippen LogP contribution < -0.4 is 10.1 Å². The van der Waals surface area contributed by atoms with Crippen molar-refractivity contribution in [2.75, 3.05) is 19.5 Å². The number of hydrogen-bond acceptors (Lipinski definition) is 8. The number of nitrogens with one attached hydrogen (secondary N) is 1. The predicted molar refractivity (Wildman–Crippen MR) is 98.4 cm³/mol. The summed E-state index contributed by atoms with van der Waals surface area (Å²) in [7, 11) is 2.97. The maximum Gasteiger partial charge on any atom is 0.328 e. The lowest BCUT2D eigenvalue weighted by Crippen LogP contribution is -2.27. The third-order valence-corrected chi connectivity index (χ3v) is 3.92. The zero-order valence-corrected chi connectivity index (χ0v) is 15.3. The van der Waals surface area contributed by atoms with E-state index in [-0.39, 0.29) is 5.97 Å². The molecule has 2 aromatic heterocycles. The second kappa shape index (κ2) is 8.31. The standard InChI is InChI=1S/C19H20N4O4/c1-12(19(24)26-3)21-16-9-6-14(11-20-16)18-22-17(23-27-18)10-13-4-7-15(25-2)8-5-13/h4-9,11-12H,10H2,1-3H3,(H,20,21)/t12-/m1/s1. The lowest BCUT2D eigenvalue weighted by Gasteiger charge is -2.11. The Balaban J connectivity index is 1.66. The lowest BCUT2D eigenvalue weighted by molar-refractivity contribution is -0.141. The number of nitrogens with zero attached hydrogens (tertiary/aromatic N) is 3. The number of ether oxygens (including phenoxy) is 2. The van der Waals surface area contributed by atoms with E-state index in [2.05, 4.69) is 25.2 Å². The molecule has 0 unspecified atom stereocenters. The number of methoxy groups -OCH3 is 2. The Morgan fingerprint density at radius 3 is 2.59 bits per heavy atom. The average Bonchev–Trinajstić information content (AvgIpc) is 3.17. The molecule has 0 saturated heterocycles. The van der Waals surface area contributed by atoms with Crippen molar-refractivity contribution in [2.45, 2.75) is 19.4 Å². The molecule has 0 bridgehead atoms. The third-order valence-electron chi connectivity index (χ3n) is 3.92. The molecule has 1 N–H and O–H groups in total. The van der Waals surface area contributed by atoms with Gasteiger partial charge in [0.05, 0.1) is 19.8 Å². The highest BCUT2D eigenvalue weighted by Gasteiger charge is 2.14. The molecule has 27 heavy (non-hydrogen) atoms. The highest BCUT2D eigenvalue weighted by Crippen LogP contribution is 2.20. The zero-order chi connectivity index (χ0) is 19.2. The summed E-state index contributed by atoms with van der Waals surface area (Å²) in [5.74, 6) is 1.96. The summed E-state index contributed by atoms with van der Waals surface area (Å²) in [5, 5.41) is 6.97. The lowest BCUT2D eigenvalue weighted by atomic mass is 10.1. The predicted octanol–water partition coefficient (Wildman–Crippen LogP) is 2.70. The molecular weight excluding hydrogens is 348 g/mol. The van der Waals surface area contributed by atoms with E-state index in [4.69, 9.17) is 9.26 Å². The molecule has 0 aliphatic carbocycles. The number of benzene rings is 1. The van der Waals surface area contributed by atoms with Crippen LogP contribution in [0.25, 0.3) is 11.5 Å². The van der Waals surface area contributed by atoms with Crippen molar-refractivity contribution in [1.82, 2.24) is 15.1 Å². The first-order valence-corrected chi connectivity index (χ1v) is 8.35. The number of carbonyl (C=O) groups is 1. The van der Waals surface area contributed by atoms with E-state index >= 15 is 0 Å². The van der Waals surface area contributed by atoms with Gasteiger partial charge >= 0.3 is 5.97 Å². The van der Waals surface area contributed by atoms with Crippen molar-refractivity contribution in [2.24, 2.45) is 0 Å². The Bertz CT molecular complexity index is 891. The first kappa shape index (κ1) is 18.4. The van der Waals surface area contributed by atoms with Gasteiger partial charge in [-0.05, 0) is 36.8 Å². The van der Waals surface area contributed by atoms with Crippen LogP contribution in [0.1, 0.15) is 18.3 Å². The van der Waals surface area contributed by atoms with Gasteiger partial charge in [0.15, 0.2) is 5.82 Å². The van der Waals surface area contributed by atoms with Crippen molar-refractivity contribution < 1.29 is 18.8 Å². The van der Waals surface area contributed by atoms with Crippen molar-refractivity contribution in [3.63, 3.8) is 0 Å². The van der Waals surface area contributed by atoms with Crippen LogP contribution in [0, 0.1) is 0 Å². The molecule has 0 aliphatic rings. The summed E-state index contributed by atoms with van der Waals surface area (Å²) in [6.45, 7) is 1.70. The Hall–Kier alpha value is -3.42. The van der Waals surface area contributed by atoms with Gasteiger partial charge < -0.3 is 19.3 Å². The quantitative estimate of drug-likeness (QED) is 0.636. The van der Waals surface area contributed by atoms with E-state index in [1.54, 1.807) is 32.4 Å². The van der Waals surface area contributed by atoms with E-state index in [1.165, 1.54) is 7.11 Å². The number of aromatic nitrogens is 3. The van der Waals surface area contributed by atoms with Gasteiger partial charge in [0.1, 0.15) is 17.6 Å². The van der Waals surface area contributed by atoms with Crippen LogP contribution in [0.15, 0.2) is 47.1 Å². The van der Waals surface area contributed by atoms with Crippen molar-refractivity contribution in [3.8, 4) is 17.2 Å². The van der Waals surface area contributed by atoms with Crippen molar-refractivity contribution in [3.05, 3.63) is 54.0 Å². The molecule has 1 aromatic carbocycles. The molecule has 2 heterocycles. The van der Waals surface area contributed by atoms with E-state index in [1.807, 2.05) is 24.3 Å². The fourth-order valence-electron chi connectivity index (χ4n) is 2.43. The van der Waals surface area contributed by atoms with Gasteiger partial charge in [-0.2, -0.15) is 4.98 Å². The van der Waals surface area contributed by atoms with Gasteiger partial charge in [-0.15, -0.1) is 0 Å². The van der Waals surface area contributed by atoms with E-state index < -0.39 is 6.04 Å². The van der Waals surface area contributed by atoms with Gasteiger partial charge in [-0.1, -0.05) is 17.3 Å². The maximum absolute atomic E-state index is 11.4. The van der Waals surface area contributed by atoms with Crippen LogP contribution in [0.5, 0.6) is 5.75 Å². The van der Waals surface area contributed by atoms with E-state index in [0.717, 1.165) is 11.3 Å². The molecule has 3 aromatic rings. The SMILES string of the molecule is COC(=O)[C@@H](C)Nc1ccc(-c2nc(Cc3ccc(OC)cc3)no2)cn1. The number of hydrogen-bond donors (Lipinski definition) is 1. The van der Waals surface area contributed by atoms with Gasteiger partial charge in [0.25, 0.3) is 5.89 Å². The first-order chi connectivity index (χ1) is 13.1. The number of esters is 1. The maximum atomic E-state index is 11.4. The normalized spacial score (nSPS) is 11.7. The van der Waals surface area contributed by atoms with Crippen molar-refractivity contribution in [1.29, 1.82) is 0 Å². The van der Waals surface area contributed by atoms with Gasteiger partial charge in [0.2, 0.25) is 0 Å². The molecule has 0 radical (unpaired) electrons. The van der Waals surface area contributed by atoms with Crippen LogP contribution in [-0.2, 0) is 16.0 Å². The summed E-state index contributed by atoms with van der Waals surface area (Å²) >= 11 is 0. The molecule has 3 rings (SSSR count). The first-order valence-electron chi connectivity index (χ1n) is 8.35. The fourth-order valence-corrected chi connectivity index (χ4v) is 2.43. The Morgan fingerprint density at radius 1 is 1.19 bits per heavy atom. The number of pyridine rings is 1. The van der Waals surface area contributed by atoms with Crippen LogP contribution in [0.3, 0.4) is 0 Å². The number of anilines is 1. The molecular formula is C19H20N4O4. The summed E-state index contributed by atoms with van der Waals surface area (Å²) in [6.07, 6.45) is 2.16. The molecule has 8 nitrogen and oxygen atoms in total. The Kier molecular flexibility index (Phi) is 5.65. The Morgan fingerprint density at radius 2 is 1.96 bits per heavy atom. The second-order valence-electron chi connectivity index (χ2n) is 5.86. The summed E-state index contributed by atoms with van der Waals surface area (Å²) in [4.78, 5) is 20.1. The minimum absolute atomic E-state index is 0.360. The van der Waals surface area contributed by atoms with Gasteiger partial charge in [-0.25, -0.2) is 9.78 Å². The van der Waals surface area contributed by atoms with Crippen LogP contribution in [0.2, 0.25) is 0 Å². The third kappa shape index (κ3) is 4.60. The second-order valence-corrected chi connectivity index (χ2v) is 5.86. The Labute approximate surface area is 156 Å². The van der Waals surface area contributed by atoms with Crippen molar-refractivity contribution >= 4 is 11.8 Å². The molecule has 0 spiro atoms. The van der Waals surface area contributed by atoms with E-state index in [0.29, 0.717) is 29.5 Å². The fraction of sp³-hybridized carbons (Fsp3) is 0.263. The summed E-state index contributed by atoms with van der Waals surface area (Å²) in [5.41, 5.74) is 1.75. The molecule has 0 fully saturated rings. The monoisotopic (exact) mass is 368 g/mol. The highest BCUT2D eigenvalue weighted by atomic mass is 16.5. The number of carbonyl (C=O) groups excluding carboxylic acids is 1. The number of rotatable bonds is 7. The molecule has 0 aliphatic heterocycles. The zero-order valence-electron chi connectivity index (χ0n) is 15.3. The highest BCUT2D eigenvalue weighted by molar-refractivity contribution is 5.78. The minimum atomic E-state index is -0.493. The van der Waals surface area contributed by atoms with Gasteiger partial charge in [0, 0.05) is 12.6 Å². The molecule has 8 heteroatoms. The average molecular weight is 368 g/mol. The minimum Gasteiger partial charge on any atom is -0.497 e. The van der Waals surface area contributed by atoms with Crippen LogP contribution >= 0.6 is 0 Å². The molecule has 1 atom stereocenters. The molecule has 0 saturated carbocycles. The summed E-state index contributed by atoms with van der Waals surface area (Å²) < 4.78 is 15.1. The summed E-state index contributed by atoms with van der Waals surface area (Å²) in [6, 6.07) is 10.7. The molecule has 0 amide bonds. The topological polar surface area (TPSA) is 99.4 Å². The van der Waals surface area contributed by atoms with Crippen LogP contribution in [0.4, 0.5) is 5.82 Å².